The highest BCUT2D eigenvalue weighted by atomic mass is 32.2. The van der Waals surface area contributed by atoms with Crippen LogP contribution in [0.2, 0.25) is 0 Å². The number of para-hydroxylation sites is 1. The van der Waals surface area contributed by atoms with Crippen molar-refractivity contribution in [1.29, 1.82) is 0 Å². The molecular weight excluding hydrogens is 534 g/mol. The van der Waals surface area contributed by atoms with Crippen LogP contribution in [-0.4, -0.2) is 44.6 Å². The Kier molecular flexibility index (Phi) is 8.73. The molecule has 1 unspecified atom stereocenters. The molecule has 1 aromatic heterocycles. The number of nitrogen functional groups attached to an aromatic ring is 1. The predicted octanol–water partition coefficient (Wildman–Crippen LogP) is 5.01. The molecule has 1 aliphatic rings. The van der Waals surface area contributed by atoms with E-state index in [1.165, 1.54) is 11.8 Å². The van der Waals surface area contributed by atoms with E-state index in [1.807, 2.05) is 71.6 Å². The maximum absolute atomic E-state index is 14.0. The molecule has 2 amide bonds. The Morgan fingerprint density at radius 3 is 2.41 bits per heavy atom. The molecule has 0 radical (unpaired) electrons. The van der Waals surface area contributed by atoms with E-state index in [-0.39, 0.29) is 23.3 Å². The lowest BCUT2D eigenvalue weighted by Gasteiger charge is -2.33. The molecule has 41 heavy (non-hydrogen) atoms. The third kappa shape index (κ3) is 6.30. The van der Waals surface area contributed by atoms with Gasteiger partial charge in [-0.3, -0.25) is 19.0 Å². The van der Waals surface area contributed by atoms with Gasteiger partial charge >= 0.3 is 0 Å². The largest absolute Gasteiger partial charge is 0.399 e. The Labute approximate surface area is 243 Å². The van der Waals surface area contributed by atoms with Crippen LogP contribution in [-0.2, 0) is 9.59 Å². The van der Waals surface area contributed by atoms with Crippen LogP contribution < -0.4 is 17.0 Å². The lowest BCUT2D eigenvalue weighted by Crippen LogP contribution is -2.45. The van der Waals surface area contributed by atoms with Crippen molar-refractivity contribution in [2.75, 3.05) is 18.8 Å². The number of unbranched alkanes of at least 4 members (excludes halogenated alkanes) is 1. The number of hydrogen-bond donors (Lipinski definition) is 2. The Morgan fingerprint density at radius 2 is 1.71 bits per heavy atom. The molecule has 1 fully saturated rings. The van der Waals surface area contributed by atoms with Crippen LogP contribution in [0, 0.1) is 5.92 Å². The van der Waals surface area contributed by atoms with E-state index in [0.29, 0.717) is 59.8 Å². The fraction of sp³-hybridized carbons (Fsp3) is 0.312. The fourth-order valence-corrected chi connectivity index (χ4v) is 6.53. The van der Waals surface area contributed by atoms with E-state index in [2.05, 4.69) is 6.92 Å². The normalized spacial score (nSPS) is 14.7. The van der Waals surface area contributed by atoms with Gasteiger partial charge in [-0.1, -0.05) is 67.9 Å². The fourth-order valence-electron chi connectivity index (χ4n) is 5.30. The van der Waals surface area contributed by atoms with E-state index in [0.717, 1.165) is 24.0 Å². The predicted molar refractivity (Wildman–Crippen MR) is 165 cm³/mol. The first-order chi connectivity index (χ1) is 19.9. The summed E-state index contributed by atoms with van der Waals surface area (Å²) in [6.07, 6.45) is 3.60. The molecule has 0 saturated carbocycles. The van der Waals surface area contributed by atoms with E-state index < -0.39 is 5.25 Å². The molecule has 0 bridgehead atoms. The van der Waals surface area contributed by atoms with Gasteiger partial charge in [0.1, 0.15) is 0 Å². The van der Waals surface area contributed by atoms with Crippen molar-refractivity contribution in [2.45, 2.75) is 49.4 Å². The van der Waals surface area contributed by atoms with Gasteiger partial charge < -0.3 is 16.4 Å². The van der Waals surface area contributed by atoms with Gasteiger partial charge in [-0.15, -0.1) is 0 Å². The lowest BCUT2D eigenvalue weighted by molar-refractivity contribution is -0.134. The lowest BCUT2D eigenvalue weighted by atomic mass is 9.96. The first-order valence-corrected chi connectivity index (χ1v) is 15.0. The number of carbonyl (C=O) groups is 2. The topological polar surface area (TPSA) is 124 Å². The highest BCUT2D eigenvalue weighted by Crippen LogP contribution is 2.32. The number of thioether (sulfide) groups is 1. The van der Waals surface area contributed by atoms with Crippen molar-refractivity contribution in [3.8, 4) is 16.8 Å². The summed E-state index contributed by atoms with van der Waals surface area (Å²) in [7, 11) is 0. The van der Waals surface area contributed by atoms with Gasteiger partial charge in [0.15, 0.2) is 5.16 Å². The number of anilines is 1. The smallest absolute Gasteiger partial charge is 0.266 e. The summed E-state index contributed by atoms with van der Waals surface area (Å²) in [4.78, 5) is 46.2. The molecule has 0 spiro atoms. The Hall–Kier alpha value is -4.11. The van der Waals surface area contributed by atoms with Crippen LogP contribution in [0.5, 0.6) is 0 Å². The summed E-state index contributed by atoms with van der Waals surface area (Å²) < 4.78 is 1.62. The van der Waals surface area contributed by atoms with Crippen molar-refractivity contribution in [3.05, 3.63) is 83.2 Å². The van der Waals surface area contributed by atoms with Crippen molar-refractivity contribution in [1.82, 2.24) is 14.5 Å². The van der Waals surface area contributed by atoms with Crippen LogP contribution in [0.3, 0.4) is 0 Å². The van der Waals surface area contributed by atoms with Crippen LogP contribution in [0.15, 0.2) is 82.7 Å². The zero-order chi connectivity index (χ0) is 28.9. The van der Waals surface area contributed by atoms with Crippen LogP contribution >= 0.6 is 11.8 Å². The number of likely N-dealkylation sites (tertiary alicyclic amines) is 1. The van der Waals surface area contributed by atoms with Gasteiger partial charge in [0, 0.05) is 24.7 Å². The number of benzene rings is 3. The minimum absolute atomic E-state index is 0.00818. The summed E-state index contributed by atoms with van der Waals surface area (Å²) >= 11 is 1.34. The molecule has 212 valence electrons. The molecule has 3 aromatic carbocycles. The maximum atomic E-state index is 14.0. The van der Waals surface area contributed by atoms with Crippen LogP contribution in [0.1, 0.15) is 39.0 Å². The maximum Gasteiger partial charge on any atom is 0.266 e. The number of nitrogens with two attached hydrogens (primary N) is 2. The highest BCUT2D eigenvalue weighted by Gasteiger charge is 2.31. The number of piperidine rings is 1. The molecule has 1 atom stereocenters. The quantitative estimate of drug-likeness (QED) is 0.166. The zero-order valence-electron chi connectivity index (χ0n) is 23.2. The second-order valence-corrected chi connectivity index (χ2v) is 11.6. The van der Waals surface area contributed by atoms with E-state index in [4.69, 9.17) is 16.5 Å². The molecule has 4 aromatic rings. The van der Waals surface area contributed by atoms with E-state index in [1.54, 1.807) is 10.6 Å². The SMILES string of the molecule is CCCCC(Sc1nc2ccccc2c(=O)n1-c1cccc(-c2cccc(N)c2)c1)C(=O)N1CCC(C(N)=O)CC1. The van der Waals surface area contributed by atoms with Gasteiger partial charge in [0.05, 0.1) is 21.8 Å². The van der Waals surface area contributed by atoms with Gasteiger partial charge in [-0.25, -0.2) is 4.98 Å². The number of rotatable bonds is 9. The molecule has 5 rings (SSSR count). The standard InChI is InChI=1S/C32H35N5O3S/c1-2-3-14-28(31(40)36-17-15-21(16-18-36)29(34)38)41-32-35-27-13-5-4-12-26(27)30(39)37(32)25-11-7-9-23(20-25)22-8-6-10-24(33)19-22/h4-13,19-21,28H,2-3,14-18,33H2,1H3,(H2,34,38). The van der Waals surface area contributed by atoms with Crippen LogP contribution in [0.25, 0.3) is 27.7 Å². The molecule has 8 nitrogen and oxygen atoms in total. The number of nitrogens with zero attached hydrogens (tertiary/aromatic N) is 3. The van der Waals surface area contributed by atoms with Crippen molar-refractivity contribution < 1.29 is 9.59 Å². The summed E-state index contributed by atoms with van der Waals surface area (Å²) in [5, 5.41) is 0.563. The zero-order valence-corrected chi connectivity index (χ0v) is 24.0. The first-order valence-electron chi connectivity index (χ1n) is 14.1. The first kappa shape index (κ1) is 28.4. The molecule has 1 saturated heterocycles. The average Bonchev–Trinajstić information content (AvgIpc) is 2.99. The van der Waals surface area contributed by atoms with Crippen molar-refractivity contribution in [3.63, 3.8) is 0 Å². The second kappa shape index (κ2) is 12.6. The van der Waals surface area contributed by atoms with Crippen molar-refractivity contribution >= 4 is 40.2 Å². The molecule has 9 heteroatoms. The Bertz CT molecular complexity index is 1630. The number of fused-ring (bicyclic) bond motifs is 1. The number of hydrogen-bond acceptors (Lipinski definition) is 6. The summed E-state index contributed by atoms with van der Waals surface area (Å²) in [5.41, 5.74) is 15.1. The van der Waals surface area contributed by atoms with Crippen LogP contribution in [0.4, 0.5) is 5.69 Å². The summed E-state index contributed by atoms with van der Waals surface area (Å²) in [5.74, 6) is -0.493. The average molecular weight is 570 g/mol. The number of aromatic nitrogens is 2. The number of primary amides is 1. The Balaban J connectivity index is 1.55. The van der Waals surface area contributed by atoms with E-state index >= 15 is 0 Å². The van der Waals surface area contributed by atoms with Gasteiger partial charge in [0.2, 0.25) is 11.8 Å². The molecule has 2 heterocycles. The summed E-state index contributed by atoms with van der Waals surface area (Å²) in [6.45, 7) is 3.09. The van der Waals surface area contributed by atoms with E-state index in [9.17, 15) is 14.4 Å². The monoisotopic (exact) mass is 569 g/mol. The van der Waals surface area contributed by atoms with Gasteiger partial charge in [-0.2, -0.15) is 0 Å². The number of carbonyl (C=O) groups excluding carboxylic acids is 2. The number of amides is 2. The summed E-state index contributed by atoms with van der Waals surface area (Å²) in [6, 6.07) is 22.6. The Morgan fingerprint density at radius 1 is 1.00 bits per heavy atom. The minimum Gasteiger partial charge on any atom is -0.399 e. The highest BCUT2D eigenvalue weighted by molar-refractivity contribution is 8.00. The van der Waals surface area contributed by atoms with Gasteiger partial charge in [-0.05, 0) is 66.8 Å². The minimum atomic E-state index is -0.420. The molecule has 0 aliphatic carbocycles. The third-order valence-electron chi connectivity index (χ3n) is 7.62. The third-order valence-corrected chi connectivity index (χ3v) is 8.83. The van der Waals surface area contributed by atoms with Gasteiger partial charge in [0.25, 0.3) is 5.56 Å². The molecule has 1 aliphatic heterocycles. The van der Waals surface area contributed by atoms with Crippen molar-refractivity contribution in [2.24, 2.45) is 11.7 Å². The molecule has 4 N–H and O–H groups in total. The second-order valence-electron chi connectivity index (χ2n) is 10.5. The molecular formula is C32H35N5O3S.